The zero-order chi connectivity index (χ0) is 12.1. The Balaban J connectivity index is 2.87. The van der Waals surface area contributed by atoms with Crippen LogP contribution in [0.1, 0.15) is 15.9 Å². The van der Waals surface area contributed by atoms with Crippen molar-refractivity contribution in [1.29, 1.82) is 5.26 Å². The molecule has 0 radical (unpaired) electrons. The number of carboxylic acid groups (broad SMARTS) is 1. The van der Waals surface area contributed by atoms with Crippen LogP contribution >= 0.6 is 0 Å². The minimum Gasteiger partial charge on any atom is -0.481 e. The van der Waals surface area contributed by atoms with Crippen molar-refractivity contribution in [3.63, 3.8) is 0 Å². The molecule has 0 aliphatic carbocycles. The third kappa shape index (κ3) is 2.75. The summed E-state index contributed by atoms with van der Waals surface area (Å²) in [7, 11) is 0. The Morgan fingerprint density at radius 1 is 1.19 bits per heavy atom. The van der Waals surface area contributed by atoms with Gasteiger partial charge in [0.15, 0.2) is 0 Å². The third-order valence-electron chi connectivity index (χ3n) is 1.88. The molecular formula is C11H7NO4. The summed E-state index contributed by atoms with van der Waals surface area (Å²) in [5.41, 5.74) is 0.606. The van der Waals surface area contributed by atoms with E-state index >= 15 is 0 Å². The fraction of sp³-hybridized carbons (Fsp3) is 0.0909. The number of rotatable bonds is 4. The second-order valence-electron chi connectivity index (χ2n) is 3.04. The molecule has 1 aromatic carbocycles. The largest absolute Gasteiger partial charge is 0.481 e. The topological polar surface area (TPSA) is 95.2 Å². The molecule has 0 heterocycles. The Bertz CT molecular complexity index is 482. The van der Waals surface area contributed by atoms with Crippen LogP contribution < -0.4 is 0 Å². The number of Topliss-reactive ketones (excluding diaryl/α,β-unsaturated/α-hetero) is 2. The van der Waals surface area contributed by atoms with E-state index in [-0.39, 0.29) is 12.0 Å². The van der Waals surface area contributed by atoms with E-state index < -0.39 is 17.5 Å². The highest BCUT2D eigenvalue weighted by Gasteiger charge is 2.15. The lowest BCUT2D eigenvalue weighted by molar-refractivity contribution is -0.136. The van der Waals surface area contributed by atoms with Crippen molar-refractivity contribution in [3.8, 4) is 6.07 Å². The molecule has 16 heavy (non-hydrogen) atoms. The van der Waals surface area contributed by atoms with Crippen LogP contribution in [0.3, 0.4) is 0 Å². The van der Waals surface area contributed by atoms with Crippen molar-refractivity contribution in [1.82, 2.24) is 0 Å². The van der Waals surface area contributed by atoms with Gasteiger partial charge in [-0.3, -0.25) is 14.4 Å². The van der Waals surface area contributed by atoms with Crippen molar-refractivity contribution in [2.75, 3.05) is 0 Å². The van der Waals surface area contributed by atoms with Crippen molar-refractivity contribution in [2.24, 2.45) is 0 Å². The van der Waals surface area contributed by atoms with E-state index in [2.05, 4.69) is 0 Å². The number of aliphatic carboxylic acids is 1. The molecule has 1 N–H and O–H groups in total. The van der Waals surface area contributed by atoms with E-state index in [4.69, 9.17) is 10.4 Å². The smallest absolute Gasteiger partial charge is 0.307 e. The minimum absolute atomic E-state index is 0.0840. The van der Waals surface area contributed by atoms with Crippen molar-refractivity contribution < 1.29 is 19.5 Å². The van der Waals surface area contributed by atoms with Gasteiger partial charge in [-0.1, -0.05) is 24.3 Å². The number of ketones is 2. The lowest BCUT2D eigenvalue weighted by Gasteiger charge is -1.98. The third-order valence-corrected chi connectivity index (χ3v) is 1.88. The average molecular weight is 217 g/mol. The number of carbonyl (C=O) groups excluding carboxylic acids is 2. The highest BCUT2D eigenvalue weighted by molar-refractivity contribution is 6.48. The van der Waals surface area contributed by atoms with Gasteiger partial charge in [-0.2, -0.15) is 5.26 Å². The molecule has 0 unspecified atom stereocenters. The molecule has 0 spiro atoms. The quantitative estimate of drug-likeness (QED) is 0.452. The lowest BCUT2D eigenvalue weighted by Crippen LogP contribution is -2.11. The van der Waals surface area contributed by atoms with Gasteiger partial charge in [0.2, 0.25) is 5.78 Å². The molecule has 1 aromatic rings. The van der Waals surface area contributed by atoms with Gasteiger partial charge in [0, 0.05) is 5.56 Å². The molecule has 0 atom stereocenters. The summed E-state index contributed by atoms with van der Waals surface area (Å²) in [4.78, 5) is 32.4. The summed E-state index contributed by atoms with van der Waals surface area (Å²) in [6, 6.07) is 6.76. The Morgan fingerprint density at radius 3 is 2.19 bits per heavy atom. The summed E-state index contributed by atoms with van der Waals surface area (Å²) >= 11 is 0. The van der Waals surface area contributed by atoms with E-state index in [1.165, 1.54) is 30.3 Å². The fourth-order valence-electron chi connectivity index (χ4n) is 1.13. The van der Waals surface area contributed by atoms with Crippen molar-refractivity contribution in [2.45, 2.75) is 6.42 Å². The summed E-state index contributed by atoms with van der Waals surface area (Å²) in [5, 5.41) is 16.7. The monoisotopic (exact) mass is 217 g/mol. The molecular weight excluding hydrogens is 210 g/mol. The van der Waals surface area contributed by atoms with Crippen LogP contribution in [0.4, 0.5) is 0 Å². The molecule has 0 aliphatic rings. The predicted octanol–water partition coefficient (Wildman–Crippen LogP) is 0.589. The van der Waals surface area contributed by atoms with Gasteiger partial charge in [-0.05, 0) is 5.56 Å². The van der Waals surface area contributed by atoms with Gasteiger partial charge < -0.3 is 5.11 Å². The van der Waals surface area contributed by atoms with Crippen LogP contribution in [0, 0.1) is 11.3 Å². The first-order chi connectivity index (χ1) is 7.54. The first kappa shape index (κ1) is 11.6. The molecule has 5 heteroatoms. The van der Waals surface area contributed by atoms with Gasteiger partial charge in [-0.15, -0.1) is 0 Å². The van der Waals surface area contributed by atoms with Gasteiger partial charge in [0.25, 0.3) is 0 Å². The Morgan fingerprint density at radius 2 is 1.75 bits per heavy atom. The molecule has 80 valence electrons. The zero-order valence-electron chi connectivity index (χ0n) is 8.14. The standard InChI is InChI=1S/C11H7NO4/c12-6-9(13)11(16)8-3-1-7(2-4-8)5-10(14)15/h1-4H,5H2,(H,14,15). The molecule has 0 saturated carbocycles. The van der Waals surface area contributed by atoms with Crippen LogP contribution in [0.15, 0.2) is 24.3 Å². The predicted molar refractivity (Wildman–Crippen MR) is 52.7 cm³/mol. The number of carboxylic acids is 1. The maximum Gasteiger partial charge on any atom is 0.307 e. The summed E-state index contributed by atoms with van der Waals surface area (Å²) in [5.74, 6) is -3.00. The molecule has 1 rings (SSSR count). The second kappa shape index (κ2) is 4.84. The van der Waals surface area contributed by atoms with Crippen molar-refractivity contribution in [3.05, 3.63) is 35.4 Å². The van der Waals surface area contributed by atoms with Gasteiger partial charge in [0.1, 0.15) is 6.07 Å². The first-order valence-electron chi connectivity index (χ1n) is 4.34. The number of hydrogen-bond acceptors (Lipinski definition) is 4. The van der Waals surface area contributed by atoms with Crippen LogP contribution in [-0.2, 0) is 16.0 Å². The molecule has 0 bridgehead atoms. The molecule has 0 fully saturated rings. The summed E-state index contributed by atoms with van der Waals surface area (Å²) in [6.45, 7) is 0. The van der Waals surface area contributed by atoms with E-state index in [0.717, 1.165) is 0 Å². The number of benzene rings is 1. The van der Waals surface area contributed by atoms with E-state index in [1.807, 2.05) is 0 Å². The molecule has 5 nitrogen and oxygen atoms in total. The second-order valence-corrected chi connectivity index (χ2v) is 3.04. The van der Waals surface area contributed by atoms with Crippen LogP contribution in [-0.4, -0.2) is 22.6 Å². The molecule has 0 aromatic heterocycles. The number of nitriles is 1. The number of carbonyl (C=O) groups is 3. The number of nitrogens with zero attached hydrogens (tertiary/aromatic N) is 1. The van der Waals surface area contributed by atoms with Crippen LogP contribution in [0.5, 0.6) is 0 Å². The van der Waals surface area contributed by atoms with Crippen LogP contribution in [0.25, 0.3) is 0 Å². The highest BCUT2D eigenvalue weighted by atomic mass is 16.4. The van der Waals surface area contributed by atoms with Crippen molar-refractivity contribution >= 4 is 17.5 Å². The molecule has 0 aliphatic heterocycles. The molecule has 0 amide bonds. The van der Waals surface area contributed by atoms with E-state index in [9.17, 15) is 14.4 Å². The van der Waals surface area contributed by atoms with E-state index in [1.54, 1.807) is 0 Å². The fourth-order valence-corrected chi connectivity index (χ4v) is 1.13. The first-order valence-corrected chi connectivity index (χ1v) is 4.34. The maximum absolute atomic E-state index is 11.2. The Hall–Kier alpha value is -2.48. The summed E-state index contributed by atoms with van der Waals surface area (Å²) < 4.78 is 0. The van der Waals surface area contributed by atoms with Gasteiger partial charge >= 0.3 is 11.8 Å². The molecule has 0 saturated heterocycles. The SMILES string of the molecule is N#CC(=O)C(=O)c1ccc(CC(=O)O)cc1. The van der Waals surface area contributed by atoms with Crippen LogP contribution in [0.2, 0.25) is 0 Å². The van der Waals surface area contributed by atoms with Gasteiger partial charge in [-0.25, -0.2) is 0 Å². The van der Waals surface area contributed by atoms with Gasteiger partial charge in [0.05, 0.1) is 6.42 Å². The Labute approximate surface area is 90.9 Å². The van der Waals surface area contributed by atoms with E-state index in [0.29, 0.717) is 5.56 Å². The maximum atomic E-state index is 11.2. The normalized spacial score (nSPS) is 9.19. The average Bonchev–Trinajstić information content (AvgIpc) is 2.27. The summed E-state index contributed by atoms with van der Waals surface area (Å²) in [6.07, 6.45) is -0.152. The Kier molecular flexibility index (Phi) is 3.51. The minimum atomic E-state index is -1.13. The zero-order valence-corrected chi connectivity index (χ0v) is 8.14. The lowest BCUT2D eigenvalue weighted by atomic mass is 10.0. The number of hydrogen-bond donors (Lipinski definition) is 1. The highest BCUT2D eigenvalue weighted by Crippen LogP contribution is 2.06.